The molecule has 0 spiro atoms. The highest BCUT2D eigenvalue weighted by Gasteiger charge is 2.37. The van der Waals surface area contributed by atoms with Crippen LogP contribution in [-0.4, -0.2) is 61.5 Å². The number of carbonyl (C=O) groups excluding carboxylic acids is 1. The smallest absolute Gasteiger partial charge is 0.410 e. The second kappa shape index (κ2) is 7.31. The molecule has 1 aliphatic heterocycles. The minimum atomic E-state index is -1.22. The molecule has 1 amide bonds. The number of imidazole rings is 1. The molecule has 3 aromatic heterocycles. The van der Waals surface area contributed by atoms with Gasteiger partial charge in [0.25, 0.3) is 0 Å². The van der Waals surface area contributed by atoms with Crippen LogP contribution in [0.1, 0.15) is 20.8 Å². The maximum atomic E-state index is 14.5. The second-order valence-corrected chi connectivity index (χ2v) is 8.00. The second-order valence-electron chi connectivity index (χ2n) is 8.00. The van der Waals surface area contributed by atoms with Crippen LogP contribution in [0.2, 0.25) is 0 Å². The van der Waals surface area contributed by atoms with Gasteiger partial charge in [-0.25, -0.2) is 23.7 Å². The van der Waals surface area contributed by atoms with E-state index in [1.807, 2.05) is 24.3 Å². The minimum Gasteiger partial charge on any atom is -0.444 e. The van der Waals surface area contributed by atoms with Gasteiger partial charge in [0.1, 0.15) is 23.3 Å². The molecule has 2 atom stereocenters. The third-order valence-corrected chi connectivity index (χ3v) is 4.52. The van der Waals surface area contributed by atoms with E-state index in [0.29, 0.717) is 11.5 Å². The molecule has 9 heteroatoms. The Morgan fingerprint density at radius 2 is 2.07 bits per heavy atom. The van der Waals surface area contributed by atoms with Gasteiger partial charge < -0.3 is 15.0 Å². The van der Waals surface area contributed by atoms with E-state index >= 15 is 0 Å². The Morgan fingerprint density at radius 3 is 2.86 bits per heavy atom. The summed E-state index contributed by atoms with van der Waals surface area (Å²) in [5.74, 6) is 0.520. The summed E-state index contributed by atoms with van der Waals surface area (Å²) in [4.78, 5) is 22.5. The van der Waals surface area contributed by atoms with Crippen LogP contribution in [0, 0.1) is 0 Å². The van der Waals surface area contributed by atoms with Crippen molar-refractivity contribution in [1.82, 2.24) is 24.5 Å². The number of hydrogen-bond donors (Lipinski definition) is 1. The summed E-state index contributed by atoms with van der Waals surface area (Å²) in [5, 5.41) is 7.40. The van der Waals surface area contributed by atoms with E-state index in [1.54, 1.807) is 43.7 Å². The fourth-order valence-corrected chi connectivity index (χ4v) is 3.23. The molecule has 0 saturated carbocycles. The normalized spacial score (nSPS) is 19.5. The maximum Gasteiger partial charge on any atom is 0.410 e. The van der Waals surface area contributed by atoms with E-state index in [1.165, 1.54) is 4.90 Å². The summed E-state index contributed by atoms with van der Waals surface area (Å²) in [5.41, 5.74) is 1.50. The average Bonchev–Trinajstić information content (AvgIpc) is 3.25. The molecule has 8 nitrogen and oxygen atoms in total. The van der Waals surface area contributed by atoms with Crippen molar-refractivity contribution in [2.24, 2.45) is 0 Å². The number of anilines is 1. The van der Waals surface area contributed by atoms with Crippen molar-refractivity contribution in [1.29, 1.82) is 0 Å². The van der Waals surface area contributed by atoms with E-state index in [-0.39, 0.29) is 13.1 Å². The Kier molecular flexibility index (Phi) is 4.81. The fraction of sp³-hybridized carbons (Fsp3) is 0.400. The molecule has 1 saturated heterocycles. The number of aromatic nitrogens is 4. The molecule has 29 heavy (non-hydrogen) atoms. The molecule has 3 aromatic rings. The lowest BCUT2D eigenvalue weighted by Crippen LogP contribution is -2.36. The first-order valence-electron chi connectivity index (χ1n) is 9.45. The van der Waals surface area contributed by atoms with Gasteiger partial charge in [0.15, 0.2) is 5.65 Å². The SMILES string of the molecule is CC(C)(C)OC(=O)N1C[C@H](Nc2cccc(-c3cnc4cccnn34)n2)[C@@H](F)C1. The standard InChI is InChI=1S/C20H23FN6O2/c1-20(2,3)29-19(28)26-11-13(21)15(12-26)25-17-7-4-6-14(24-17)16-10-22-18-8-5-9-23-27(16)18/h4-10,13,15H,11-12H2,1-3H3,(H,24,25)/t13-,15-/m0/s1. The van der Waals surface area contributed by atoms with E-state index < -0.39 is 23.9 Å². The van der Waals surface area contributed by atoms with Crippen LogP contribution in [0.3, 0.4) is 0 Å². The number of ether oxygens (including phenoxy) is 1. The lowest BCUT2D eigenvalue weighted by molar-refractivity contribution is 0.0283. The highest BCUT2D eigenvalue weighted by molar-refractivity contribution is 5.69. The number of likely N-dealkylation sites (tertiary alicyclic amines) is 1. The number of pyridine rings is 1. The van der Waals surface area contributed by atoms with Gasteiger partial charge >= 0.3 is 6.09 Å². The Bertz CT molecular complexity index is 1030. The highest BCUT2D eigenvalue weighted by atomic mass is 19.1. The minimum absolute atomic E-state index is 0.0105. The highest BCUT2D eigenvalue weighted by Crippen LogP contribution is 2.23. The Balaban J connectivity index is 1.49. The zero-order chi connectivity index (χ0) is 20.6. The first-order chi connectivity index (χ1) is 13.8. The number of halogens is 1. The fourth-order valence-electron chi connectivity index (χ4n) is 3.23. The van der Waals surface area contributed by atoms with Gasteiger partial charge in [-0.05, 0) is 45.0 Å². The van der Waals surface area contributed by atoms with Crippen LogP contribution in [0.15, 0.2) is 42.7 Å². The summed E-state index contributed by atoms with van der Waals surface area (Å²) >= 11 is 0. The summed E-state index contributed by atoms with van der Waals surface area (Å²) in [6, 6.07) is 8.55. The van der Waals surface area contributed by atoms with Gasteiger partial charge in [0.05, 0.1) is 24.5 Å². The summed E-state index contributed by atoms with van der Waals surface area (Å²) in [6.07, 6.45) is 1.65. The van der Waals surface area contributed by atoms with Crippen molar-refractivity contribution in [3.63, 3.8) is 0 Å². The van der Waals surface area contributed by atoms with E-state index in [4.69, 9.17) is 4.74 Å². The van der Waals surface area contributed by atoms with Gasteiger partial charge in [-0.15, -0.1) is 0 Å². The molecule has 0 aliphatic carbocycles. The lowest BCUT2D eigenvalue weighted by Gasteiger charge is -2.24. The van der Waals surface area contributed by atoms with Crippen molar-refractivity contribution >= 4 is 17.6 Å². The predicted molar refractivity (Wildman–Crippen MR) is 106 cm³/mol. The van der Waals surface area contributed by atoms with E-state index in [2.05, 4.69) is 20.4 Å². The number of nitrogens with one attached hydrogen (secondary N) is 1. The first kappa shape index (κ1) is 19.1. The van der Waals surface area contributed by atoms with Crippen LogP contribution in [-0.2, 0) is 4.74 Å². The number of hydrogen-bond acceptors (Lipinski definition) is 6. The molecule has 4 rings (SSSR count). The first-order valence-corrected chi connectivity index (χ1v) is 9.45. The predicted octanol–water partition coefficient (Wildman–Crippen LogP) is 3.16. The topological polar surface area (TPSA) is 84.6 Å². The molecule has 0 unspecified atom stereocenters. The van der Waals surface area contributed by atoms with Crippen molar-refractivity contribution in [3.05, 3.63) is 42.7 Å². The lowest BCUT2D eigenvalue weighted by atomic mass is 10.2. The van der Waals surface area contributed by atoms with E-state index in [0.717, 1.165) is 11.3 Å². The molecule has 0 radical (unpaired) electrons. The number of alkyl halides is 1. The third-order valence-electron chi connectivity index (χ3n) is 4.52. The Morgan fingerprint density at radius 1 is 1.24 bits per heavy atom. The molecule has 0 aromatic carbocycles. The zero-order valence-electron chi connectivity index (χ0n) is 16.5. The van der Waals surface area contributed by atoms with Crippen molar-refractivity contribution in [2.75, 3.05) is 18.4 Å². The molecular weight excluding hydrogens is 375 g/mol. The molecule has 1 aliphatic rings. The number of nitrogens with zero attached hydrogens (tertiary/aromatic N) is 5. The molecular formula is C20H23FN6O2. The van der Waals surface area contributed by atoms with Crippen LogP contribution in [0.5, 0.6) is 0 Å². The van der Waals surface area contributed by atoms with Crippen LogP contribution in [0.4, 0.5) is 15.0 Å². The number of rotatable bonds is 3. The maximum absolute atomic E-state index is 14.5. The summed E-state index contributed by atoms with van der Waals surface area (Å²) < 4.78 is 21.6. The molecule has 152 valence electrons. The number of carbonyl (C=O) groups is 1. The van der Waals surface area contributed by atoms with Crippen LogP contribution < -0.4 is 5.32 Å². The van der Waals surface area contributed by atoms with Crippen LogP contribution in [0.25, 0.3) is 17.0 Å². The number of fused-ring (bicyclic) bond motifs is 1. The molecule has 4 heterocycles. The van der Waals surface area contributed by atoms with Crippen molar-refractivity contribution < 1.29 is 13.9 Å². The Hall–Kier alpha value is -3.23. The number of amides is 1. The van der Waals surface area contributed by atoms with Crippen molar-refractivity contribution in [3.8, 4) is 11.4 Å². The van der Waals surface area contributed by atoms with Gasteiger partial charge in [0.2, 0.25) is 0 Å². The van der Waals surface area contributed by atoms with Gasteiger partial charge in [-0.1, -0.05) is 6.07 Å². The largest absolute Gasteiger partial charge is 0.444 e. The zero-order valence-corrected chi connectivity index (χ0v) is 16.5. The van der Waals surface area contributed by atoms with E-state index in [9.17, 15) is 9.18 Å². The molecule has 1 fully saturated rings. The Labute approximate surface area is 167 Å². The van der Waals surface area contributed by atoms with Crippen molar-refractivity contribution in [2.45, 2.75) is 38.6 Å². The van der Waals surface area contributed by atoms with Gasteiger partial charge in [0, 0.05) is 12.7 Å². The van der Waals surface area contributed by atoms with Gasteiger partial charge in [-0.3, -0.25) is 0 Å². The third kappa shape index (κ3) is 4.13. The molecule has 0 bridgehead atoms. The summed E-state index contributed by atoms with van der Waals surface area (Å²) in [7, 11) is 0. The quantitative estimate of drug-likeness (QED) is 0.730. The monoisotopic (exact) mass is 398 g/mol. The molecule has 1 N–H and O–H groups in total. The van der Waals surface area contributed by atoms with Gasteiger partial charge in [-0.2, -0.15) is 5.10 Å². The average molecular weight is 398 g/mol. The van der Waals surface area contributed by atoms with Crippen LogP contribution >= 0.6 is 0 Å². The summed E-state index contributed by atoms with van der Waals surface area (Å²) in [6.45, 7) is 5.55.